The Morgan fingerprint density at radius 3 is 2.54 bits per heavy atom. The molecule has 0 radical (unpaired) electrons. The summed E-state index contributed by atoms with van der Waals surface area (Å²) < 4.78 is 39.7. The van der Waals surface area contributed by atoms with Gasteiger partial charge < -0.3 is 5.32 Å². The van der Waals surface area contributed by atoms with E-state index in [0.29, 0.717) is 5.16 Å². The number of thiophene rings is 1. The van der Waals surface area contributed by atoms with Crippen LogP contribution in [0, 0.1) is 13.8 Å². The van der Waals surface area contributed by atoms with Gasteiger partial charge in [0, 0.05) is 40.3 Å². The molecular formula is C23H19F3N4OS4. The normalized spacial score (nSPS) is 11.6. The molecule has 0 aliphatic carbocycles. The molecule has 4 aromatic rings. The molecule has 182 valence electrons. The lowest BCUT2D eigenvalue weighted by Gasteiger charge is -2.09. The van der Waals surface area contributed by atoms with Crippen molar-refractivity contribution < 1.29 is 18.0 Å². The molecule has 35 heavy (non-hydrogen) atoms. The highest BCUT2D eigenvalue weighted by Gasteiger charge is 2.30. The zero-order valence-electron chi connectivity index (χ0n) is 18.8. The van der Waals surface area contributed by atoms with Crippen LogP contribution in [0.25, 0.3) is 21.0 Å². The van der Waals surface area contributed by atoms with E-state index in [4.69, 9.17) is 0 Å². The highest BCUT2D eigenvalue weighted by Crippen LogP contribution is 2.46. The zero-order chi connectivity index (χ0) is 25.2. The molecule has 1 amide bonds. The lowest BCUT2D eigenvalue weighted by atomic mass is 10.1. The fourth-order valence-electron chi connectivity index (χ4n) is 3.25. The van der Waals surface area contributed by atoms with E-state index in [1.54, 1.807) is 46.8 Å². The van der Waals surface area contributed by atoms with Crippen molar-refractivity contribution in [1.29, 1.82) is 0 Å². The first-order valence-corrected chi connectivity index (χ1v) is 14.1. The van der Waals surface area contributed by atoms with Gasteiger partial charge in [0.2, 0.25) is 5.91 Å². The third-order valence-corrected chi connectivity index (χ3v) is 9.24. The van der Waals surface area contributed by atoms with Crippen LogP contribution in [-0.2, 0) is 11.0 Å². The van der Waals surface area contributed by atoms with E-state index >= 15 is 0 Å². The largest absolute Gasteiger partial charge is 0.416 e. The Kier molecular flexibility index (Phi) is 7.84. The molecule has 0 aliphatic rings. The molecule has 0 fully saturated rings. The number of alkyl halides is 3. The van der Waals surface area contributed by atoms with Crippen molar-refractivity contribution in [3.8, 4) is 21.0 Å². The summed E-state index contributed by atoms with van der Waals surface area (Å²) in [5.74, 6) is -0.472. The lowest BCUT2D eigenvalue weighted by molar-refractivity contribution is -0.137. The molecule has 0 spiro atoms. The van der Waals surface area contributed by atoms with E-state index in [-0.39, 0.29) is 11.4 Å². The molecule has 0 bridgehead atoms. The first-order valence-electron chi connectivity index (χ1n) is 10.2. The number of aromatic nitrogens is 3. The SMILES string of the molecule is CSc1sc(-c2nc(C)cs2)c(C)c1-c1cnc(SCC(=O)Nc2cccc(C(F)(F)F)c2)nc1. The van der Waals surface area contributed by atoms with Gasteiger partial charge >= 0.3 is 6.18 Å². The van der Waals surface area contributed by atoms with E-state index in [1.807, 2.05) is 18.6 Å². The van der Waals surface area contributed by atoms with Crippen molar-refractivity contribution in [3.63, 3.8) is 0 Å². The summed E-state index contributed by atoms with van der Waals surface area (Å²) in [6.45, 7) is 4.04. The molecule has 0 atom stereocenters. The van der Waals surface area contributed by atoms with Gasteiger partial charge in [-0.25, -0.2) is 15.0 Å². The number of nitrogens with zero attached hydrogens (tertiary/aromatic N) is 3. The molecular weight excluding hydrogens is 534 g/mol. The van der Waals surface area contributed by atoms with Crippen LogP contribution in [0.3, 0.4) is 0 Å². The summed E-state index contributed by atoms with van der Waals surface area (Å²) in [4.78, 5) is 26.8. The minimum absolute atomic E-state index is 0.0311. The van der Waals surface area contributed by atoms with Crippen molar-refractivity contribution in [2.75, 3.05) is 17.3 Å². The van der Waals surface area contributed by atoms with Crippen molar-refractivity contribution in [1.82, 2.24) is 15.0 Å². The molecule has 12 heteroatoms. The maximum atomic E-state index is 12.9. The van der Waals surface area contributed by atoms with Crippen LogP contribution in [0.15, 0.2) is 51.4 Å². The monoisotopic (exact) mass is 552 g/mol. The van der Waals surface area contributed by atoms with Gasteiger partial charge in [0.15, 0.2) is 5.16 Å². The average molecular weight is 553 g/mol. The number of thiazole rings is 1. The third kappa shape index (κ3) is 6.05. The number of anilines is 1. The summed E-state index contributed by atoms with van der Waals surface area (Å²) in [6.07, 6.45) is 1.01. The molecule has 0 saturated heterocycles. The Morgan fingerprint density at radius 1 is 1.17 bits per heavy atom. The summed E-state index contributed by atoms with van der Waals surface area (Å²) in [6, 6.07) is 4.53. The van der Waals surface area contributed by atoms with E-state index < -0.39 is 17.6 Å². The second kappa shape index (κ2) is 10.7. The summed E-state index contributed by atoms with van der Waals surface area (Å²) in [5.41, 5.74) is 3.34. The fourth-order valence-corrected chi connectivity index (χ4v) is 6.90. The third-order valence-electron chi connectivity index (χ3n) is 4.84. The van der Waals surface area contributed by atoms with E-state index in [0.717, 1.165) is 60.4 Å². The number of carbonyl (C=O) groups is 1. The van der Waals surface area contributed by atoms with Crippen LogP contribution >= 0.6 is 46.2 Å². The van der Waals surface area contributed by atoms with Crippen LogP contribution in [0.1, 0.15) is 16.8 Å². The van der Waals surface area contributed by atoms with Gasteiger partial charge in [-0.05, 0) is 43.9 Å². The topological polar surface area (TPSA) is 67.8 Å². The Labute approximate surface area is 216 Å². The number of hydrogen-bond donors (Lipinski definition) is 1. The number of carbonyl (C=O) groups excluding carboxylic acids is 1. The predicted molar refractivity (Wildman–Crippen MR) is 139 cm³/mol. The van der Waals surface area contributed by atoms with Gasteiger partial charge in [-0.1, -0.05) is 17.8 Å². The average Bonchev–Trinajstić information content (AvgIpc) is 3.40. The number of nitrogens with one attached hydrogen (secondary N) is 1. The van der Waals surface area contributed by atoms with E-state index in [1.165, 1.54) is 12.1 Å². The van der Waals surface area contributed by atoms with Gasteiger partial charge in [0.25, 0.3) is 0 Å². The number of halogens is 3. The Hall–Kier alpha value is -2.41. The van der Waals surface area contributed by atoms with Gasteiger partial charge in [0.1, 0.15) is 5.01 Å². The summed E-state index contributed by atoms with van der Waals surface area (Å²) >= 11 is 6.09. The van der Waals surface area contributed by atoms with Gasteiger partial charge in [-0.15, -0.1) is 34.4 Å². The van der Waals surface area contributed by atoms with Crippen molar-refractivity contribution in [2.24, 2.45) is 0 Å². The van der Waals surface area contributed by atoms with Crippen molar-refractivity contribution in [2.45, 2.75) is 29.4 Å². The minimum Gasteiger partial charge on any atom is -0.325 e. The quantitative estimate of drug-likeness (QED) is 0.190. The Bertz CT molecular complexity index is 1350. The Morgan fingerprint density at radius 2 is 1.91 bits per heavy atom. The Balaban J connectivity index is 1.44. The fraction of sp³-hybridized carbons (Fsp3) is 0.217. The minimum atomic E-state index is -4.47. The zero-order valence-corrected chi connectivity index (χ0v) is 22.0. The maximum Gasteiger partial charge on any atom is 0.416 e. The standard InChI is InChI=1S/C23H19F3N4OS4/c1-12-10-33-20(29-12)19-13(2)18(21(32-3)35-19)14-8-27-22(28-9-14)34-11-17(31)30-16-6-4-5-15(7-16)23(24,25)26/h4-10H,11H2,1-3H3,(H,30,31). The molecule has 4 rings (SSSR count). The van der Waals surface area contributed by atoms with Crippen LogP contribution in [0.2, 0.25) is 0 Å². The second-order valence-corrected chi connectivity index (χ2v) is 11.3. The number of rotatable bonds is 7. The number of thioether (sulfide) groups is 2. The van der Waals surface area contributed by atoms with Gasteiger partial charge in [-0.2, -0.15) is 13.2 Å². The summed E-state index contributed by atoms with van der Waals surface area (Å²) in [5, 5.41) is 5.91. The van der Waals surface area contributed by atoms with Crippen LogP contribution in [0.5, 0.6) is 0 Å². The molecule has 3 heterocycles. The highest BCUT2D eigenvalue weighted by atomic mass is 32.2. The van der Waals surface area contributed by atoms with Crippen LogP contribution in [-0.4, -0.2) is 32.9 Å². The molecule has 0 aliphatic heterocycles. The molecule has 0 saturated carbocycles. The van der Waals surface area contributed by atoms with Crippen LogP contribution < -0.4 is 5.32 Å². The predicted octanol–water partition coefficient (Wildman–Crippen LogP) is 7.42. The molecule has 0 unspecified atom stereocenters. The van der Waals surface area contributed by atoms with E-state index in [2.05, 4.69) is 27.2 Å². The van der Waals surface area contributed by atoms with E-state index in [9.17, 15) is 18.0 Å². The first kappa shape index (κ1) is 25.7. The highest BCUT2D eigenvalue weighted by molar-refractivity contribution is 8.00. The van der Waals surface area contributed by atoms with Gasteiger partial charge in [0.05, 0.1) is 20.4 Å². The molecule has 1 N–H and O–H groups in total. The van der Waals surface area contributed by atoms with Crippen LogP contribution in [0.4, 0.5) is 18.9 Å². The first-order chi connectivity index (χ1) is 16.7. The second-order valence-electron chi connectivity index (χ2n) is 7.39. The lowest BCUT2D eigenvalue weighted by Crippen LogP contribution is -2.15. The smallest absolute Gasteiger partial charge is 0.325 e. The molecule has 3 aromatic heterocycles. The molecule has 1 aromatic carbocycles. The number of hydrogen-bond acceptors (Lipinski definition) is 8. The molecule has 5 nitrogen and oxygen atoms in total. The summed E-state index contributed by atoms with van der Waals surface area (Å²) in [7, 11) is 0. The maximum absolute atomic E-state index is 12.9. The van der Waals surface area contributed by atoms with Crippen molar-refractivity contribution >= 4 is 57.8 Å². The van der Waals surface area contributed by atoms with Crippen molar-refractivity contribution in [3.05, 3.63) is 58.9 Å². The number of amides is 1. The number of benzene rings is 1. The van der Waals surface area contributed by atoms with Gasteiger partial charge in [-0.3, -0.25) is 4.79 Å². The number of aryl methyl sites for hydroxylation is 1.